The molecular formula is C46H85F3N2O6. The Morgan fingerprint density at radius 3 is 1.18 bits per heavy atom. The molecule has 0 bridgehead atoms. The molecule has 1 aliphatic heterocycles. The number of nitrogens with one attached hydrogen (secondary N) is 1. The second kappa shape index (κ2) is 37.0. The maximum absolute atomic E-state index is 12.6. The number of alkyl carbamates (subject to hydrolysis) is 1. The highest BCUT2D eigenvalue weighted by molar-refractivity contribution is 5.70. The molecule has 11 heteroatoms. The van der Waals surface area contributed by atoms with Gasteiger partial charge >= 0.3 is 24.2 Å². The van der Waals surface area contributed by atoms with Crippen molar-refractivity contribution in [3.8, 4) is 0 Å². The van der Waals surface area contributed by atoms with Gasteiger partial charge in [-0.1, -0.05) is 194 Å². The van der Waals surface area contributed by atoms with Gasteiger partial charge in [0.05, 0.1) is 12.5 Å². The summed E-state index contributed by atoms with van der Waals surface area (Å²) in [5.74, 6) is -0.774. The highest BCUT2D eigenvalue weighted by atomic mass is 19.4. The number of amides is 1. The first-order valence-electron chi connectivity index (χ1n) is 23.7. The van der Waals surface area contributed by atoms with Gasteiger partial charge in [0.1, 0.15) is 13.2 Å². The molecule has 0 saturated carbocycles. The summed E-state index contributed by atoms with van der Waals surface area (Å²) in [7, 11) is 0. The second-order valence-corrected chi connectivity index (χ2v) is 16.8. The Morgan fingerprint density at radius 2 is 0.860 bits per heavy atom. The van der Waals surface area contributed by atoms with Crippen LogP contribution in [0.1, 0.15) is 226 Å². The van der Waals surface area contributed by atoms with Gasteiger partial charge in [-0.2, -0.15) is 13.2 Å². The average Bonchev–Trinajstić information content (AvgIpc) is 3.16. The van der Waals surface area contributed by atoms with E-state index in [0.29, 0.717) is 13.1 Å². The lowest BCUT2D eigenvalue weighted by Gasteiger charge is -2.39. The lowest BCUT2D eigenvalue weighted by atomic mass is 10.0. The molecular weight excluding hydrogens is 734 g/mol. The highest BCUT2D eigenvalue weighted by Crippen LogP contribution is 2.22. The number of alkyl halides is 3. The summed E-state index contributed by atoms with van der Waals surface area (Å²) < 4.78 is 53.9. The van der Waals surface area contributed by atoms with E-state index in [1.54, 1.807) is 4.90 Å². The van der Waals surface area contributed by atoms with Crippen LogP contribution in [0.15, 0.2) is 0 Å². The van der Waals surface area contributed by atoms with Crippen molar-refractivity contribution in [1.29, 1.82) is 0 Å². The predicted octanol–water partition coefficient (Wildman–Crippen LogP) is 13.3. The number of esters is 2. The van der Waals surface area contributed by atoms with Gasteiger partial charge in [0.2, 0.25) is 0 Å². The van der Waals surface area contributed by atoms with Crippen molar-refractivity contribution < 1.29 is 41.8 Å². The number of nitrogens with zero attached hydrogens (tertiary/aromatic N) is 1. The summed E-state index contributed by atoms with van der Waals surface area (Å²) in [5.41, 5.74) is 0. The summed E-state index contributed by atoms with van der Waals surface area (Å²) in [6.07, 6.45) is 30.8. The molecule has 0 radical (unpaired) electrons. The molecule has 0 spiro atoms. The lowest BCUT2D eigenvalue weighted by molar-refractivity contribution is -0.152. The van der Waals surface area contributed by atoms with E-state index in [0.717, 1.165) is 38.5 Å². The van der Waals surface area contributed by atoms with Crippen LogP contribution in [-0.4, -0.2) is 74.1 Å². The fraction of sp³-hybridized carbons (Fsp3) is 0.935. The maximum Gasteiger partial charge on any atom is 0.407 e. The van der Waals surface area contributed by atoms with Crippen molar-refractivity contribution in [2.75, 3.05) is 32.8 Å². The fourth-order valence-corrected chi connectivity index (χ4v) is 7.39. The van der Waals surface area contributed by atoms with Crippen LogP contribution in [0.5, 0.6) is 0 Å². The first-order chi connectivity index (χ1) is 27.6. The van der Waals surface area contributed by atoms with Crippen molar-refractivity contribution in [3.63, 3.8) is 0 Å². The third-order valence-corrected chi connectivity index (χ3v) is 11.1. The molecule has 0 atom stereocenters. The maximum atomic E-state index is 12.6. The molecule has 1 fully saturated rings. The molecule has 1 N–H and O–H groups in total. The van der Waals surface area contributed by atoms with Gasteiger partial charge in [-0.15, -0.1) is 0 Å². The first kappa shape index (κ1) is 53.0. The van der Waals surface area contributed by atoms with Gasteiger partial charge in [0.25, 0.3) is 0 Å². The molecule has 1 aliphatic rings. The lowest BCUT2D eigenvalue weighted by Crippen LogP contribution is -2.60. The van der Waals surface area contributed by atoms with E-state index in [-0.39, 0.29) is 50.6 Å². The van der Waals surface area contributed by atoms with Crippen LogP contribution in [0.4, 0.5) is 18.0 Å². The minimum absolute atomic E-state index is 0.121. The Hall–Kier alpha value is -2.04. The zero-order chi connectivity index (χ0) is 41.7. The Labute approximate surface area is 346 Å². The molecule has 8 nitrogen and oxygen atoms in total. The number of carbonyl (C=O) groups is 3. The van der Waals surface area contributed by atoms with E-state index in [1.165, 1.54) is 154 Å². The summed E-state index contributed by atoms with van der Waals surface area (Å²) in [5, 5.41) is 2.65. The Morgan fingerprint density at radius 1 is 0.544 bits per heavy atom. The number of carbonyl (C=O) groups excluding carboxylic acids is 3. The van der Waals surface area contributed by atoms with Crippen LogP contribution in [0.25, 0.3) is 0 Å². The minimum Gasteiger partial charge on any atom is -0.462 e. The standard InChI is InChI=1S/C46H85F3N2O6/c1-3-5-7-9-11-13-15-17-19-21-23-25-27-29-31-33-43(52)55-39-42(57-45(54)50-41-37-51(38-41)36-35-46(47,48)49)40-56-44(53)34-32-30-28-26-24-22-20-18-16-14-12-10-8-6-4-2/h41-42H,3-40H2,1-2H3,(H,50,54). The van der Waals surface area contributed by atoms with Crippen LogP contribution < -0.4 is 5.32 Å². The van der Waals surface area contributed by atoms with Crippen molar-refractivity contribution in [2.45, 2.75) is 244 Å². The van der Waals surface area contributed by atoms with E-state index >= 15 is 0 Å². The Balaban J connectivity index is 2.25. The van der Waals surface area contributed by atoms with E-state index in [1.807, 2.05) is 0 Å². The average molecular weight is 819 g/mol. The van der Waals surface area contributed by atoms with Crippen molar-refractivity contribution >= 4 is 18.0 Å². The summed E-state index contributed by atoms with van der Waals surface area (Å²) >= 11 is 0. The number of halogens is 3. The zero-order valence-corrected chi connectivity index (χ0v) is 36.6. The van der Waals surface area contributed by atoms with Gasteiger partial charge < -0.3 is 19.5 Å². The van der Waals surface area contributed by atoms with E-state index < -0.39 is 24.8 Å². The van der Waals surface area contributed by atoms with E-state index in [9.17, 15) is 27.6 Å². The quantitative estimate of drug-likeness (QED) is 0.0374. The van der Waals surface area contributed by atoms with Crippen molar-refractivity contribution in [2.24, 2.45) is 0 Å². The van der Waals surface area contributed by atoms with Crippen LogP contribution in [0.2, 0.25) is 0 Å². The van der Waals surface area contributed by atoms with E-state index in [4.69, 9.17) is 14.2 Å². The number of ether oxygens (including phenoxy) is 3. The van der Waals surface area contributed by atoms with E-state index in [2.05, 4.69) is 19.2 Å². The first-order valence-corrected chi connectivity index (χ1v) is 23.7. The van der Waals surface area contributed by atoms with Crippen molar-refractivity contribution in [1.82, 2.24) is 10.2 Å². The molecule has 0 aromatic rings. The van der Waals surface area contributed by atoms with Gasteiger partial charge in [-0.05, 0) is 12.8 Å². The smallest absolute Gasteiger partial charge is 0.407 e. The largest absolute Gasteiger partial charge is 0.462 e. The number of likely N-dealkylation sites (tertiary alicyclic amines) is 1. The molecule has 336 valence electrons. The highest BCUT2D eigenvalue weighted by Gasteiger charge is 2.34. The summed E-state index contributed by atoms with van der Waals surface area (Å²) in [6, 6.07) is -0.341. The second-order valence-electron chi connectivity index (χ2n) is 16.8. The molecule has 0 aliphatic carbocycles. The van der Waals surface area contributed by atoms with Gasteiger partial charge in [-0.3, -0.25) is 14.5 Å². The minimum atomic E-state index is -4.22. The molecule has 1 rings (SSSR count). The van der Waals surface area contributed by atoms with Crippen LogP contribution in [0, 0.1) is 0 Å². The molecule has 57 heavy (non-hydrogen) atoms. The SMILES string of the molecule is CCCCCCCCCCCCCCCCCC(=O)OCC(COC(=O)CCCCCCCCCCCCCCCCC)OC(=O)NC1CN(CCC(F)(F)F)C1. The molecule has 1 amide bonds. The third-order valence-electron chi connectivity index (χ3n) is 11.1. The predicted molar refractivity (Wildman–Crippen MR) is 225 cm³/mol. The third kappa shape index (κ3) is 35.6. The summed E-state index contributed by atoms with van der Waals surface area (Å²) in [6.45, 7) is 4.49. The number of hydrogen-bond acceptors (Lipinski definition) is 7. The Kier molecular flexibility index (Phi) is 34.4. The fourth-order valence-electron chi connectivity index (χ4n) is 7.39. The summed E-state index contributed by atoms with van der Waals surface area (Å²) in [4.78, 5) is 39.2. The van der Waals surface area contributed by atoms with Gasteiger partial charge in [-0.25, -0.2) is 4.79 Å². The van der Waals surface area contributed by atoms with Crippen LogP contribution in [0.3, 0.4) is 0 Å². The number of rotatable bonds is 40. The normalized spacial score (nSPS) is 13.5. The molecule has 0 unspecified atom stereocenters. The molecule has 1 heterocycles. The number of hydrogen-bond donors (Lipinski definition) is 1. The molecule has 1 saturated heterocycles. The van der Waals surface area contributed by atoms with Crippen LogP contribution >= 0.6 is 0 Å². The van der Waals surface area contributed by atoms with Crippen LogP contribution in [-0.2, 0) is 23.8 Å². The molecule has 0 aromatic carbocycles. The monoisotopic (exact) mass is 819 g/mol. The Bertz CT molecular complexity index is 913. The zero-order valence-electron chi connectivity index (χ0n) is 36.6. The van der Waals surface area contributed by atoms with Crippen molar-refractivity contribution in [3.05, 3.63) is 0 Å². The molecule has 0 aromatic heterocycles. The van der Waals surface area contributed by atoms with Gasteiger partial charge in [0.15, 0.2) is 6.10 Å². The van der Waals surface area contributed by atoms with Gasteiger partial charge in [0, 0.05) is 32.5 Å². The number of unbranched alkanes of at least 4 members (excludes halogenated alkanes) is 28. The topological polar surface area (TPSA) is 94.2 Å².